The third kappa shape index (κ3) is 7.72. The highest BCUT2D eigenvalue weighted by atomic mass is 16.5. The molecule has 0 bridgehead atoms. The topological polar surface area (TPSA) is 82.7 Å². The molecule has 0 atom stereocenters. The smallest absolute Gasteiger partial charge is 0.238 e. The predicted molar refractivity (Wildman–Crippen MR) is 87.0 cm³/mol. The molecule has 2 amide bonds. The van der Waals surface area contributed by atoms with Gasteiger partial charge in [-0.25, -0.2) is 0 Å². The van der Waals surface area contributed by atoms with Crippen molar-refractivity contribution >= 4 is 23.2 Å². The maximum absolute atomic E-state index is 11.7. The van der Waals surface area contributed by atoms with Crippen molar-refractivity contribution < 1.29 is 14.3 Å². The molecule has 1 rings (SSSR count). The monoisotopic (exact) mass is 308 g/mol. The van der Waals surface area contributed by atoms with Crippen LogP contribution >= 0.6 is 0 Å². The van der Waals surface area contributed by atoms with E-state index in [2.05, 4.69) is 16.0 Å². The number of nitrogens with zero attached hydrogens (tertiary/aromatic N) is 1. The van der Waals surface area contributed by atoms with E-state index in [0.29, 0.717) is 31.1 Å². The second-order valence-electron chi connectivity index (χ2n) is 5.08. The molecule has 0 saturated carbocycles. The first-order chi connectivity index (χ1) is 10.5. The number of hydrogen-bond acceptors (Lipinski definition) is 5. The molecule has 0 fully saturated rings. The Morgan fingerprint density at radius 3 is 2.09 bits per heavy atom. The van der Waals surface area contributed by atoms with Crippen LogP contribution < -0.4 is 16.0 Å². The normalized spacial score (nSPS) is 10.5. The summed E-state index contributed by atoms with van der Waals surface area (Å²) in [5.74, 6) is -0.204. The number of anilines is 2. The van der Waals surface area contributed by atoms with E-state index in [0.717, 1.165) is 0 Å². The van der Waals surface area contributed by atoms with Crippen LogP contribution in [0.1, 0.15) is 0 Å². The molecule has 122 valence electrons. The summed E-state index contributed by atoms with van der Waals surface area (Å²) in [6.45, 7) is 1.74. The molecule has 0 heterocycles. The Hall–Kier alpha value is -1.96. The van der Waals surface area contributed by atoms with Crippen LogP contribution in [0.2, 0.25) is 0 Å². The maximum atomic E-state index is 11.7. The van der Waals surface area contributed by atoms with Gasteiger partial charge in [-0.15, -0.1) is 0 Å². The van der Waals surface area contributed by atoms with Gasteiger partial charge in [0.15, 0.2) is 0 Å². The molecule has 0 aliphatic carbocycles. The average molecular weight is 308 g/mol. The predicted octanol–water partition coefficient (Wildman–Crippen LogP) is 0.361. The van der Waals surface area contributed by atoms with E-state index < -0.39 is 0 Å². The molecule has 3 N–H and O–H groups in total. The van der Waals surface area contributed by atoms with Crippen LogP contribution in [0.4, 0.5) is 11.4 Å². The second kappa shape index (κ2) is 9.88. The largest absolute Gasteiger partial charge is 0.383 e. The van der Waals surface area contributed by atoms with Gasteiger partial charge in [0, 0.05) is 25.0 Å². The number of hydrogen-bond donors (Lipinski definition) is 3. The minimum atomic E-state index is -0.125. The summed E-state index contributed by atoms with van der Waals surface area (Å²) >= 11 is 0. The van der Waals surface area contributed by atoms with Crippen molar-refractivity contribution in [2.75, 3.05) is 58.1 Å². The molecule has 0 unspecified atom stereocenters. The molecule has 22 heavy (non-hydrogen) atoms. The van der Waals surface area contributed by atoms with Crippen molar-refractivity contribution in [1.29, 1.82) is 0 Å². The van der Waals surface area contributed by atoms with E-state index in [-0.39, 0.29) is 18.4 Å². The van der Waals surface area contributed by atoms with Gasteiger partial charge in [0.25, 0.3) is 0 Å². The van der Waals surface area contributed by atoms with Crippen molar-refractivity contribution in [3.8, 4) is 0 Å². The summed E-state index contributed by atoms with van der Waals surface area (Å²) in [6.07, 6.45) is 0. The molecular weight excluding hydrogens is 284 g/mol. The zero-order valence-electron chi connectivity index (χ0n) is 13.3. The van der Waals surface area contributed by atoms with Crippen molar-refractivity contribution in [3.63, 3.8) is 0 Å². The first kappa shape index (κ1) is 18.1. The van der Waals surface area contributed by atoms with Gasteiger partial charge in [0.05, 0.1) is 19.7 Å². The molecule has 1 aromatic rings. The second-order valence-corrected chi connectivity index (χ2v) is 5.08. The maximum Gasteiger partial charge on any atom is 0.238 e. The van der Waals surface area contributed by atoms with Crippen molar-refractivity contribution in [2.45, 2.75) is 0 Å². The first-order valence-electron chi connectivity index (χ1n) is 7.05. The number of nitrogens with one attached hydrogen (secondary N) is 3. The summed E-state index contributed by atoms with van der Waals surface area (Å²) in [4.78, 5) is 25.1. The van der Waals surface area contributed by atoms with Crippen molar-refractivity contribution in [3.05, 3.63) is 24.3 Å². The van der Waals surface area contributed by atoms with Crippen LogP contribution in [0, 0.1) is 0 Å². The lowest BCUT2D eigenvalue weighted by Crippen LogP contribution is -2.30. The van der Waals surface area contributed by atoms with Crippen LogP contribution in [-0.2, 0) is 14.3 Å². The summed E-state index contributed by atoms with van der Waals surface area (Å²) in [5.41, 5.74) is 1.38. The minimum Gasteiger partial charge on any atom is -0.383 e. The number of carbonyl (C=O) groups is 2. The summed E-state index contributed by atoms with van der Waals surface area (Å²) in [7, 11) is 5.28. The Balaban J connectivity index is 2.38. The number of amides is 2. The summed E-state index contributed by atoms with van der Waals surface area (Å²) in [6, 6.07) is 7.00. The molecule has 0 saturated heterocycles. The fourth-order valence-electron chi connectivity index (χ4n) is 1.71. The number of carbonyl (C=O) groups excluding carboxylic acids is 2. The lowest BCUT2D eigenvalue weighted by molar-refractivity contribution is -0.117. The van der Waals surface area contributed by atoms with Gasteiger partial charge in [-0.3, -0.25) is 9.59 Å². The van der Waals surface area contributed by atoms with E-state index >= 15 is 0 Å². The quantitative estimate of drug-likeness (QED) is 0.574. The van der Waals surface area contributed by atoms with Gasteiger partial charge in [-0.05, 0) is 38.4 Å². The van der Waals surface area contributed by atoms with Gasteiger partial charge < -0.3 is 25.6 Å². The molecule has 0 aromatic heterocycles. The third-order valence-corrected chi connectivity index (χ3v) is 2.68. The van der Waals surface area contributed by atoms with E-state index in [1.807, 2.05) is 14.1 Å². The molecule has 1 aromatic carbocycles. The highest BCUT2D eigenvalue weighted by Gasteiger charge is 2.05. The Morgan fingerprint density at radius 1 is 1.05 bits per heavy atom. The molecule has 0 aliphatic rings. The number of benzene rings is 1. The van der Waals surface area contributed by atoms with E-state index in [1.165, 1.54) is 0 Å². The molecule has 7 heteroatoms. The van der Waals surface area contributed by atoms with Crippen molar-refractivity contribution in [2.24, 2.45) is 0 Å². The van der Waals surface area contributed by atoms with Crippen LogP contribution in [0.25, 0.3) is 0 Å². The Kier molecular flexibility index (Phi) is 8.13. The van der Waals surface area contributed by atoms with Crippen LogP contribution in [0.5, 0.6) is 0 Å². The first-order valence-corrected chi connectivity index (χ1v) is 7.05. The molecule has 0 spiro atoms. The SMILES string of the molecule is COCCNCC(=O)Nc1ccc(NC(=O)CN(C)C)cc1. The van der Waals surface area contributed by atoms with Crippen LogP contribution in [0.15, 0.2) is 24.3 Å². The van der Waals surface area contributed by atoms with Gasteiger partial charge in [-0.2, -0.15) is 0 Å². The van der Waals surface area contributed by atoms with Crippen molar-refractivity contribution in [1.82, 2.24) is 10.2 Å². The van der Waals surface area contributed by atoms with Crippen LogP contribution in [0.3, 0.4) is 0 Å². The van der Waals surface area contributed by atoms with Gasteiger partial charge in [0.1, 0.15) is 0 Å². The molecular formula is C15H24N4O3. The number of methoxy groups -OCH3 is 1. The number of likely N-dealkylation sites (N-methyl/N-ethyl adjacent to an activating group) is 1. The fourth-order valence-corrected chi connectivity index (χ4v) is 1.71. The standard InChI is InChI=1S/C15H24N4O3/c1-19(2)11-15(21)18-13-6-4-12(5-7-13)17-14(20)10-16-8-9-22-3/h4-7,16H,8-11H2,1-3H3,(H,17,20)(H,18,21). The van der Waals surface area contributed by atoms with E-state index in [9.17, 15) is 9.59 Å². The number of rotatable bonds is 9. The van der Waals surface area contributed by atoms with Gasteiger partial charge in [-0.1, -0.05) is 0 Å². The fraction of sp³-hybridized carbons (Fsp3) is 0.467. The average Bonchev–Trinajstić information content (AvgIpc) is 2.45. The summed E-state index contributed by atoms with van der Waals surface area (Å²) < 4.78 is 4.88. The Morgan fingerprint density at radius 2 is 1.59 bits per heavy atom. The van der Waals surface area contributed by atoms with E-state index in [1.54, 1.807) is 36.3 Å². The van der Waals surface area contributed by atoms with Gasteiger partial charge in [0.2, 0.25) is 11.8 Å². The minimum absolute atomic E-state index is 0.0795. The highest BCUT2D eigenvalue weighted by Crippen LogP contribution is 2.13. The highest BCUT2D eigenvalue weighted by molar-refractivity contribution is 5.94. The lowest BCUT2D eigenvalue weighted by atomic mass is 10.2. The van der Waals surface area contributed by atoms with E-state index in [4.69, 9.17) is 4.74 Å². The zero-order valence-corrected chi connectivity index (χ0v) is 13.3. The Labute approximate surface area is 131 Å². The summed E-state index contributed by atoms with van der Waals surface area (Å²) in [5, 5.41) is 8.51. The molecule has 0 radical (unpaired) electrons. The third-order valence-electron chi connectivity index (χ3n) is 2.68. The molecule has 7 nitrogen and oxygen atoms in total. The lowest BCUT2D eigenvalue weighted by Gasteiger charge is -2.11. The van der Waals surface area contributed by atoms with Crippen LogP contribution in [-0.4, -0.2) is 64.2 Å². The van der Waals surface area contributed by atoms with Gasteiger partial charge >= 0.3 is 0 Å². The Bertz CT molecular complexity index is 474. The number of ether oxygens (including phenoxy) is 1. The molecule has 0 aliphatic heterocycles. The zero-order chi connectivity index (χ0) is 16.4.